The van der Waals surface area contributed by atoms with Crippen LogP contribution in [-0.2, 0) is 26.4 Å². The van der Waals surface area contributed by atoms with Gasteiger partial charge in [0.25, 0.3) is 5.91 Å². The fraction of sp³-hybridized carbons (Fsp3) is 0.478. The van der Waals surface area contributed by atoms with Gasteiger partial charge in [-0.3, -0.25) is 9.48 Å². The molecular formula is C23H29N5O. The lowest BCUT2D eigenvalue weighted by Gasteiger charge is -2.27. The number of nitrogens with one attached hydrogen (secondary N) is 2. The molecule has 1 fully saturated rings. The summed E-state index contributed by atoms with van der Waals surface area (Å²) in [6.45, 7) is 2.54. The van der Waals surface area contributed by atoms with E-state index in [1.54, 1.807) is 0 Å². The Labute approximate surface area is 171 Å². The van der Waals surface area contributed by atoms with Gasteiger partial charge in [-0.15, -0.1) is 0 Å². The molecule has 1 unspecified atom stereocenters. The molecule has 0 spiro atoms. The minimum Gasteiger partial charge on any atom is -0.357 e. The lowest BCUT2D eigenvalue weighted by atomic mass is 9.91. The number of H-pyrrole nitrogens is 1. The van der Waals surface area contributed by atoms with Crippen LogP contribution in [0.3, 0.4) is 0 Å². The number of amides is 1. The third kappa shape index (κ3) is 3.57. The van der Waals surface area contributed by atoms with Crippen molar-refractivity contribution in [2.24, 2.45) is 7.05 Å². The average Bonchev–Trinajstić information content (AvgIpc) is 3.33. The molecule has 3 aromatic rings. The third-order valence-corrected chi connectivity index (χ3v) is 6.47. The Bertz CT molecular complexity index is 994. The van der Waals surface area contributed by atoms with E-state index in [1.807, 2.05) is 16.6 Å². The summed E-state index contributed by atoms with van der Waals surface area (Å²) in [6.07, 6.45) is 6.35. The molecule has 5 rings (SSSR count). The minimum absolute atomic E-state index is 0.123. The van der Waals surface area contributed by atoms with Gasteiger partial charge in [0, 0.05) is 55.2 Å². The second kappa shape index (κ2) is 7.67. The van der Waals surface area contributed by atoms with Gasteiger partial charge in [0.1, 0.15) is 0 Å². The van der Waals surface area contributed by atoms with E-state index >= 15 is 0 Å². The SMILES string of the molecule is Cn1nc(C(=O)N2CCCCC2)c2c1CCC(NCc1cc3ccccc3[nH]1)C2. The molecule has 152 valence electrons. The molecule has 1 aliphatic carbocycles. The summed E-state index contributed by atoms with van der Waals surface area (Å²) in [5, 5.41) is 9.59. The van der Waals surface area contributed by atoms with Crippen LogP contribution in [0.1, 0.15) is 53.1 Å². The maximum atomic E-state index is 13.1. The van der Waals surface area contributed by atoms with Crippen molar-refractivity contribution in [3.8, 4) is 0 Å². The first-order valence-corrected chi connectivity index (χ1v) is 10.8. The van der Waals surface area contributed by atoms with Crippen molar-refractivity contribution in [1.82, 2.24) is 25.0 Å². The molecule has 2 N–H and O–H groups in total. The number of likely N-dealkylation sites (tertiary alicyclic amines) is 1. The van der Waals surface area contributed by atoms with Gasteiger partial charge >= 0.3 is 0 Å². The summed E-state index contributed by atoms with van der Waals surface area (Å²) in [5.41, 5.74) is 5.45. The molecule has 6 heteroatoms. The largest absolute Gasteiger partial charge is 0.357 e. The van der Waals surface area contributed by atoms with Crippen LogP contribution in [0.2, 0.25) is 0 Å². The van der Waals surface area contributed by atoms with E-state index in [-0.39, 0.29) is 5.91 Å². The van der Waals surface area contributed by atoms with Crippen LogP contribution in [0.5, 0.6) is 0 Å². The van der Waals surface area contributed by atoms with Crippen LogP contribution in [0.25, 0.3) is 10.9 Å². The standard InChI is InChI=1S/C23H29N5O/c1-27-21-10-9-17(24-15-18-13-16-7-3-4-8-20(16)25-18)14-19(21)22(26-27)23(29)28-11-5-2-6-12-28/h3-4,7-8,13,17,24-25H,2,5-6,9-12,14-15H2,1H3. The lowest BCUT2D eigenvalue weighted by Crippen LogP contribution is -2.38. The van der Waals surface area contributed by atoms with Crippen molar-refractivity contribution in [3.63, 3.8) is 0 Å². The molecule has 6 nitrogen and oxygen atoms in total. The van der Waals surface area contributed by atoms with Gasteiger partial charge in [0.15, 0.2) is 5.69 Å². The van der Waals surface area contributed by atoms with Gasteiger partial charge in [-0.25, -0.2) is 0 Å². The first-order valence-electron chi connectivity index (χ1n) is 10.8. The van der Waals surface area contributed by atoms with Crippen molar-refractivity contribution in [2.75, 3.05) is 13.1 Å². The maximum absolute atomic E-state index is 13.1. The first kappa shape index (κ1) is 18.4. The Morgan fingerprint density at radius 3 is 2.90 bits per heavy atom. The Morgan fingerprint density at radius 2 is 2.07 bits per heavy atom. The molecule has 3 heterocycles. The number of aryl methyl sites for hydroxylation is 1. The van der Waals surface area contributed by atoms with Crippen LogP contribution in [-0.4, -0.2) is 44.7 Å². The number of carbonyl (C=O) groups is 1. The highest BCUT2D eigenvalue weighted by Gasteiger charge is 2.30. The number of rotatable bonds is 4. The summed E-state index contributed by atoms with van der Waals surface area (Å²) < 4.78 is 1.93. The topological polar surface area (TPSA) is 66.0 Å². The van der Waals surface area contributed by atoms with Gasteiger partial charge in [-0.1, -0.05) is 18.2 Å². The van der Waals surface area contributed by atoms with Gasteiger partial charge in [0.2, 0.25) is 0 Å². The number of hydrogen-bond acceptors (Lipinski definition) is 3. The van der Waals surface area contributed by atoms with Crippen LogP contribution in [0, 0.1) is 0 Å². The van der Waals surface area contributed by atoms with Crippen LogP contribution >= 0.6 is 0 Å². The predicted octanol–water partition coefficient (Wildman–Crippen LogP) is 3.17. The zero-order valence-electron chi connectivity index (χ0n) is 17.1. The smallest absolute Gasteiger partial charge is 0.274 e. The maximum Gasteiger partial charge on any atom is 0.274 e. The summed E-state index contributed by atoms with van der Waals surface area (Å²) in [5.74, 6) is 0.123. The minimum atomic E-state index is 0.123. The van der Waals surface area contributed by atoms with Crippen molar-refractivity contribution in [2.45, 2.75) is 51.1 Å². The number of nitrogens with zero attached hydrogens (tertiary/aromatic N) is 3. The third-order valence-electron chi connectivity index (χ3n) is 6.47. The summed E-state index contributed by atoms with van der Waals surface area (Å²) >= 11 is 0. The summed E-state index contributed by atoms with van der Waals surface area (Å²) in [6, 6.07) is 11.0. The van der Waals surface area contributed by atoms with E-state index in [4.69, 9.17) is 0 Å². The average molecular weight is 392 g/mol. The molecular weight excluding hydrogens is 362 g/mol. The first-order chi connectivity index (χ1) is 14.2. The molecule has 2 aromatic heterocycles. The highest BCUT2D eigenvalue weighted by molar-refractivity contribution is 5.94. The Morgan fingerprint density at radius 1 is 1.24 bits per heavy atom. The van der Waals surface area contributed by atoms with Crippen LogP contribution in [0.4, 0.5) is 0 Å². The monoisotopic (exact) mass is 391 g/mol. The highest BCUT2D eigenvalue weighted by atomic mass is 16.2. The zero-order chi connectivity index (χ0) is 19.8. The molecule has 29 heavy (non-hydrogen) atoms. The molecule has 0 bridgehead atoms. The molecule has 1 amide bonds. The number of aromatic nitrogens is 3. The number of piperidine rings is 1. The van der Waals surface area contributed by atoms with E-state index in [0.29, 0.717) is 11.7 Å². The molecule has 1 aromatic carbocycles. The number of aromatic amines is 1. The van der Waals surface area contributed by atoms with Gasteiger partial charge in [-0.05, 0) is 56.0 Å². The number of benzene rings is 1. The second-order valence-corrected chi connectivity index (χ2v) is 8.45. The Hall–Kier alpha value is -2.60. The quantitative estimate of drug-likeness (QED) is 0.718. The Kier molecular flexibility index (Phi) is 4.87. The lowest BCUT2D eigenvalue weighted by molar-refractivity contribution is 0.0716. The second-order valence-electron chi connectivity index (χ2n) is 8.45. The number of hydrogen-bond donors (Lipinski definition) is 2. The van der Waals surface area contributed by atoms with E-state index < -0.39 is 0 Å². The fourth-order valence-electron chi connectivity index (χ4n) is 4.87. The van der Waals surface area contributed by atoms with E-state index in [1.165, 1.54) is 28.7 Å². The van der Waals surface area contributed by atoms with Crippen molar-refractivity contribution in [3.05, 3.63) is 53.0 Å². The van der Waals surface area contributed by atoms with E-state index in [2.05, 4.69) is 45.7 Å². The van der Waals surface area contributed by atoms with Crippen molar-refractivity contribution in [1.29, 1.82) is 0 Å². The van der Waals surface area contributed by atoms with E-state index in [0.717, 1.165) is 57.3 Å². The molecule has 0 radical (unpaired) electrons. The van der Waals surface area contributed by atoms with Crippen molar-refractivity contribution >= 4 is 16.8 Å². The van der Waals surface area contributed by atoms with Gasteiger partial charge in [-0.2, -0.15) is 5.10 Å². The molecule has 1 saturated heterocycles. The summed E-state index contributed by atoms with van der Waals surface area (Å²) in [4.78, 5) is 18.6. The fourth-order valence-corrected chi connectivity index (χ4v) is 4.87. The highest BCUT2D eigenvalue weighted by Crippen LogP contribution is 2.26. The Balaban J connectivity index is 1.30. The molecule has 0 saturated carbocycles. The predicted molar refractivity (Wildman–Crippen MR) is 114 cm³/mol. The zero-order valence-corrected chi connectivity index (χ0v) is 17.1. The van der Waals surface area contributed by atoms with E-state index in [9.17, 15) is 4.79 Å². The van der Waals surface area contributed by atoms with Crippen LogP contribution < -0.4 is 5.32 Å². The molecule has 1 aliphatic heterocycles. The van der Waals surface area contributed by atoms with Gasteiger partial charge < -0.3 is 15.2 Å². The molecule has 2 aliphatic rings. The van der Waals surface area contributed by atoms with Gasteiger partial charge in [0.05, 0.1) is 0 Å². The molecule has 1 atom stereocenters. The summed E-state index contributed by atoms with van der Waals surface area (Å²) in [7, 11) is 1.98. The normalized spacial score (nSPS) is 19.5. The van der Waals surface area contributed by atoms with Crippen LogP contribution in [0.15, 0.2) is 30.3 Å². The van der Waals surface area contributed by atoms with Crippen molar-refractivity contribution < 1.29 is 4.79 Å². The number of para-hydroxylation sites is 1. The number of carbonyl (C=O) groups excluding carboxylic acids is 1. The number of fused-ring (bicyclic) bond motifs is 2.